The van der Waals surface area contributed by atoms with Crippen LogP contribution in [-0.4, -0.2) is 18.6 Å². The minimum absolute atomic E-state index is 0.200. The minimum Gasteiger partial charge on any atom is -0.496 e. The third kappa shape index (κ3) is 4.45. The van der Waals surface area contributed by atoms with Crippen LogP contribution in [0.2, 0.25) is 5.02 Å². The smallest absolute Gasteiger partial charge is 0.122 e. The van der Waals surface area contributed by atoms with Crippen molar-refractivity contribution in [1.29, 1.82) is 0 Å². The summed E-state index contributed by atoms with van der Waals surface area (Å²) in [5.41, 5.74) is 2.27. The van der Waals surface area contributed by atoms with Crippen molar-refractivity contribution < 1.29 is 4.74 Å². The molecular formula is C17H21ClN2O. The van der Waals surface area contributed by atoms with E-state index in [9.17, 15) is 0 Å². The Morgan fingerprint density at radius 1 is 1.33 bits per heavy atom. The highest BCUT2D eigenvalue weighted by molar-refractivity contribution is 6.30. The number of hydrogen-bond acceptors (Lipinski definition) is 3. The molecule has 0 saturated carbocycles. The predicted octanol–water partition coefficient (Wildman–Crippen LogP) is 4.03. The molecule has 0 fully saturated rings. The summed E-state index contributed by atoms with van der Waals surface area (Å²) in [6.45, 7) is 3.12. The first kappa shape index (κ1) is 15.8. The lowest BCUT2D eigenvalue weighted by molar-refractivity contribution is 0.405. The van der Waals surface area contributed by atoms with Crippen molar-refractivity contribution in [2.24, 2.45) is 0 Å². The molecule has 21 heavy (non-hydrogen) atoms. The molecule has 0 amide bonds. The second-order valence-electron chi connectivity index (χ2n) is 4.95. The van der Waals surface area contributed by atoms with E-state index in [0.29, 0.717) is 0 Å². The molecule has 2 rings (SSSR count). The third-order valence-corrected chi connectivity index (χ3v) is 3.63. The Balaban J connectivity index is 2.24. The minimum atomic E-state index is 0.200. The molecule has 1 N–H and O–H groups in total. The number of hydrogen-bond donors (Lipinski definition) is 1. The van der Waals surface area contributed by atoms with Gasteiger partial charge in [-0.15, -0.1) is 0 Å². The number of methoxy groups -OCH3 is 1. The normalized spacial score (nSPS) is 12.1. The van der Waals surface area contributed by atoms with E-state index >= 15 is 0 Å². The molecular weight excluding hydrogens is 284 g/mol. The molecule has 0 radical (unpaired) electrons. The Morgan fingerprint density at radius 3 is 2.86 bits per heavy atom. The van der Waals surface area contributed by atoms with Crippen LogP contribution >= 0.6 is 11.6 Å². The lowest BCUT2D eigenvalue weighted by Crippen LogP contribution is -2.24. The van der Waals surface area contributed by atoms with Crippen LogP contribution in [0.15, 0.2) is 42.7 Å². The zero-order valence-corrected chi connectivity index (χ0v) is 13.2. The standard InChI is InChI=1S/C17H21ClN2O/c1-3-8-20-16(13-5-4-9-19-12-13)11-14-10-15(18)6-7-17(14)21-2/h4-7,9-10,12,16,20H,3,8,11H2,1-2H3. The van der Waals surface area contributed by atoms with Crippen LogP contribution in [0.25, 0.3) is 0 Å². The van der Waals surface area contributed by atoms with Crippen LogP contribution < -0.4 is 10.1 Å². The van der Waals surface area contributed by atoms with E-state index in [1.807, 2.05) is 30.5 Å². The quantitative estimate of drug-likeness (QED) is 0.838. The van der Waals surface area contributed by atoms with Gasteiger partial charge < -0.3 is 10.1 Å². The second kappa shape index (κ2) is 8.01. The van der Waals surface area contributed by atoms with E-state index in [4.69, 9.17) is 16.3 Å². The third-order valence-electron chi connectivity index (χ3n) is 3.39. The van der Waals surface area contributed by atoms with Crippen molar-refractivity contribution in [1.82, 2.24) is 10.3 Å². The van der Waals surface area contributed by atoms with Gasteiger partial charge in [-0.1, -0.05) is 24.6 Å². The van der Waals surface area contributed by atoms with Crippen molar-refractivity contribution in [3.05, 3.63) is 58.9 Å². The van der Waals surface area contributed by atoms with Crippen LogP contribution in [0.3, 0.4) is 0 Å². The Morgan fingerprint density at radius 2 is 2.19 bits per heavy atom. The van der Waals surface area contributed by atoms with Crippen LogP contribution in [0.5, 0.6) is 5.75 Å². The van der Waals surface area contributed by atoms with Gasteiger partial charge >= 0.3 is 0 Å². The number of nitrogens with zero attached hydrogens (tertiary/aromatic N) is 1. The number of nitrogens with one attached hydrogen (secondary N) is 1. The maximum atomic E-state index is 6.12. The zero-order chi connectivity index (χ0) is 15.1. The number of halogens is 1. The highest BCUT2D eigenvalue weighted by Crippen LogP contribution is 2.27. The fourth-order valence-corrected chi connectivity index (χ4v) is 2.53. The van der Waals surface area contributed by atoms with E-state index in [0.717, 1.165) is 35.7 Å². The molecule has 0 aliphatic rings. The molecule has 0 aliphatic carbocycles. The highest BCUT2D eigenvalue weighted by Gasteiger charge is 2.14. The summed E-state index contributed by atoms with van der Waals surface area (Å²) in [5, 5.41) is 4.29. The van der Waals surface area contributed by atoms with Gasteiger partial charge in [0, 0.05) is 23.5 Å². The molecule has 0 aliphatic heterocycles. The number of ether oxygens (including phenoxy) is 1. The summed E-state index contributed by atoms with van der Waals surface area (Å²) in [6.07, 6.45) is 5.60. The predicted molar refractivity (Wildman–Crippen MR) is 87.0 cm³/mol. The Labute approximate surface area is 131 Å². The topological polar surface area (TPSA) is 34.1 Å². The molecule has 0 saturated heterocycles. The van der Waals surface area contributed by atoms with Crippen LogP contribution in [0.1, 0.15) is 30.5 Å². The van der Waals surface area contributed by atoms with Crippen LogP contribution in [-0.2, 0) is 6.42 Å². The monoisotopic (exact) mass is 304 g/mol. The maximum absolute atomic E-state index is 6.12. The molecule has 2 aromatic rings. The van der Waals surface area contributed by atoms with Crippen molar-refractivity contribution in [2.75, 3.05) is 13.7 Å². The molecule has 1 aromatic heterocycles. The highest BCUT2D eigenvalue weighted by atomic mass is 35.5. The van der Waals surface area contributed by atoms with Crippen molar-refractivity contribution in [3.8, 4) is 5.75 Å². The second-order valence-corrected chi connectivity index (χ2v) is 5.39. The van der Waals surface area contributed by atoms with E-state index in [1.165, 1.54) is 5.56 Å². The van der Waals surface area contributed by atoms with Gasteiger partial charge in [-0.3, -0.25) is 4.98 Å². The number of pyridine rings is 1. The van der Waals surface area contributed by atoms with E-state index < -0.39 is 0 Å². The first-order chi connectivity index (χ1) is 10.2. The molecule has 3 nitrogen and oxygen atoms in total. The first-order valence-electron chi connectivity index (χ1n) is 7.20. The molecule has 4 heteroatoms. The molecule has 112 valence electrons. The lowest BCUT2D eigenvalue weighted by atomic mass is 9.99. The zero-order valence-electron chi connectivity index (χ0n) is 12.5. The lowest BCUT2D eigenvalue weighted by Gasteiger charge is -2.20. The largest absolute Gasteiger partial charge is 0.496 e. The summed E-state index contributed by atoms with van der Waals surface area (Å²) in [4.78, 5) is 4.22. The summed E-state index contributed by atoms with van der Waals surface area (Å²) in [6, 6.07) is 9.99. The molecule has 1 heterocycles. The molecule has 0 spiro atoms. The molecule has 1 atom stereocenters. The van der Waals surface area contributed by atoms with Gasteiger partial charge in [0.2, 0.25) is 0 Å². The molecule has 1 aromatic carbocycles. The summed E-state index contributed by atoms with van der Waals surface area (Å²) >= 11 is 6.12. The van der Waals surface area contributed by atoms with Crippen LogP contribution in [0, 0.1) is 0 Å². The fourth-order valence-electron chi connectivity index (χ4n) is 2.34. The van der Waals surface area contributed by atoms with Gasteiger partial charge in [0.25, 0.3) is 0 Å². The summed E-state index contributed by atoms with van der Waals surface area (Å²) < 4.78 is 5.44. The number of rotatable bonds is 7. The number of aromatic nitrogens is 1. The first-order valence-corrected chi connectivity index (χ1v) is 7.58. The summed E-state index contributed by atoms with van der Waals surface area (Å²) in [7, 11) is 1.69. The van der Waals surface area contributed by atoms with Crippen molar-refractivity contribution in [2.45, 2.75) is 25.8 Å². The van der Waals surface area contributed by atoms with Crippen molar-refractivity contribution >= 4 is 11.6 Å². The van der Waals surface area contributed by atoms with Gasteiger partial charge in [-0.25, -0.2) is 0 Å². The summed E-state index contributed by atoms with van der Waals surface area (Å²) in [5.74, 6) is 0.867. The van der Waals surface area contributed by atoms with Gasteiger partial charge in [0.05, 0.1) is 7.11 Å². The van der Waals surface area contributed by atoms with Crippen LogP contribution in [0.4, 0.5) is 0 Å². The average Bonchev–Trinajstić information content (AvgIpc) is 2.52. The molecule has 1 unspecified atom stereocenters. The maximum Gasteiger partial charge on any atom is 0.122 e. The Kier molecular flexibility index (Phi) is 6.03. The Bertz CT molecular complexity index is 560. The van der Waals surface area contributed by atoms with Gasteiger partial charge in [-0.05, 0) is 54.8 Å². The van der Waals surface area contributed by atoms with Gasteiger partial charge in [-0.2, -0.15) is 0 Å². The van der Waals surface area contributed by atoms with E-state index in [2.05, 4.69) is 23.3 Å². The number of benzene rings is 1. The van der Waals surface area contributed by atoms with E-state index in [-0.39, 0.29) is 6.04 Å². The fraction of sp³-hybridized carbons (Fsp3) is 0.353. The molecule has 0 bridgehead atoms. The van der Waals surface area contributed by atoms with Crippen molar-refractivity contribution in [3.63, 3.8) is 0 Å². The van der Waals surface area contributed by atoms with Gasteiger partial charge in [0.15, 0.2) is 0 Å². The van der Waals surface area contributed by atoms with E-state index in [1.54, 1.807) is 13.3 Å². The Hall–Kier alpha value is -1.58. The van der Waals surface area contributed by atoms with Gasteiger partial charge in [0.1, 0.15) is 5.75 Å². The SMILES string of the molecule is CCCNC(Cc1cc(Cl)ccc1OC)c1cccnc1. The average molecular weight is 305 g/mol.